The number of aromatic amines is 1. The van der Waals surface area contributed by atoms with E-state index in [1.165, 1.54) is 5.56 Å². The standard InChI is InChI=1S/C16H15N5/c1-10-6-2-3-7-11(10)14-19-15(17)20-16-18-12-8-4-5-9-13(12)21(14)16/h2-9,14H,1H3,(H3,17,18,19,20)/p+1/t14-/m1/s1. The fraction of sp³-hybridized carbons (Fsp3) is 0.125. The van der Waals surface area contributed by atoms with Crippen LogP contribution >= 0.6 is 0 Å². The molecule has 0 saturated heterocycles. The van der Waals surface area contributed by atoms with Gasteiger partial charge >= 0.3 is 5.95 Å². The van der Waals surface area contributed by atoms with Crippen LogP contribution in [0.1, 0.15) is 17.3 Å². The Kier molecular flexibility index (Phi) is 2.47. The summed E-state index contributed by atoms with van der Waals surface area (Å²) in [6.07, 6.45) is -0.154. The normalized spacial score (nSPS) is 17.2. The highest BCUT2D eigenvalue weighted by atomic mass is 15.4. The second-order valence-corrected chi connectivity index (χ2v) is 5.23. The zero-order chi connectivity index (χ0) is 14.4. The first-order valence-corrected chi connectivity index (χ1v) is 6.92. The van der Waals surface area contributed by atoms with Gasteiger partial charge in [-0.2, -0.15) is 4.99 Å². The van der Waals surface area contributed by atoms with Crippen LogP contribution in [0.4, 0.5) is 5.95 Å². The highest BCUT2D eigenvalue weighted by Gasteiger charge is 2.31. The van der Waals surface area contributed by atoms with Crippen LogP contribution in [0.2, 0.25) is 0 Å². The third-order valence-corrected chi connectivity index (χ3v) is 3.88. The molecular weight excluding hydrogens is 262 g/mol. The molecule has 21 heavy (non-hydrogen) atoms. The molecule has 4 rings (SSSR count). The Morgan fingerprint density at radius 1 is 1.10 bits per heavy atom. The third kappa shape index (κ3) is 1.78. The first-order valence-electron chi connectivity index (χ1n) is 6.92. The van der Waals surface area contributed by atoms with Gasteiger partial charge in [0.25, 0.3) is 5.96 Å². The Bertz CT molecular complexity index is 862. The van der Waals surface area contributed by atoms with E-state index in [2.05, 4.69) is 45.0 Å². The van der Waals surface area contributed by atoms with Crippen molar-refractivity contribution in [2.45, 2.75) is 13.1 Å². The molecule has 0 amide bonds. The molecule has 0 fully saturated rings. The molecule has 1 aliphatic rings. The first kappa shape index (κ1) is 12.0. The number of imidazole rings is 1. The molecule has 3 aromatic rings. The fourth-order valence-electron chi connectivity index (χ4n) is 2.87. The Morgan fingerprint density at radius 3 is 2.71 bits per heavy atom. The minimum atomic E-state index is -0.154. The van der Waals surface area contributed by atoms with E-state index in [1.807, 2.05) is 30.3 Å². The van der Waals surface area contributed by atoms with Crippen molar-refractivity contribution < 1.29 is 4.57 Å². The van der Waals surface area contributed by atoms with Gasteiger partial charge < -0.3 is 5.73 Å². The minimum absolute atomic E-state index is 0.154. The number of nitrogens with one attached hydrogen (secondary N) is 2. The SMILES string of the molecule is Cc1ccccc1[C@@H]1N=C(N)Nc2[nH]c3ccccc3[n+]21. The van der Waals surface area contributed by atoms with Crippen molar-refractivity contribution in [1.82, 2.24) is 4.98 Å². The van der Waals surface area contributed by atoms with Crippen molar-refractivity contribution in [3.05, 3.63) is 59.7 Å². The Hall–Kier alpha value is -2.82. The molecule has 4 N–H and O–H groups in total. The van der Waals surface area contributed by atoms with Gasteiger partial charge in [0.1, 0.15) is 11.0 Å². The summed E-state index contributed by atoms with van der Waals surface area (Å²) in [6, 6.07) is 16.4. The highest BCUT2D eigenvalue weighted by Crippen LogP contribution is 2.25. The fourth-order valence-corrected chi connectivity index (χ4v) is 2.87. The number of H-pyrrole nitrogens is 1. The summed E-state index contributed by atoms with van der Waals surface area (Å²) in [5.74, 6) is 1.28. The lowest BCUT2D eigenvalue weighted by molar-refractivity contribution is -0.674. The van der Waals surface area contributed by atoms with E-state index in [9.17, 15) is 0 Å². The van der Waals surface area contributed by atoms with Gasteiger partial charge in [0.05, 0.1) is 0 Å². The van der Waals surface area contributed by atoms with Crippen LogP contribution in [0.15, 0.2) is 53.5 Å². The number of aliphatic imine (C=N–C) groups is 1. The van der Waals surface area contributed by atoms with Crippen molar-refractivity contribution >= 4 is 22.9 Å². The second-order valence-electron chi connectivity index (χ2n) is 5.23. The number of fused-ring (bicyclic) bond motifs is 3. The number of nitrogens with two attached hydrogens (primary N) is 1. The molecule has 5 heteroatoms. The number of benzene rings is 2. The summed E-state index contributed by atoms with van der Waals surface area (Å²) >= 11 is 0. The molecular formula is C16H16N5+. The molecule has 0 saturated carbocycles. The van der Waals surface area contributed by atoms with Crippen LogP contribution < -0.4 is 15.6 Å². The summed E-state index contributed by atoms with van der Waals surface area (Å²) in [5, 5.41) is 3.10. The van der Waals surface area contributed by atoms with E-state index in [-0.39, 0.29) is 6.17 Å². The number of aromatic nitrogens is 2. The summed E-state index contributed by atoms with van der Waals surface area (Å²) in [7, 11) is 0. The average molecular weight is 278 g/mol. The molecule has 0 bridgehead atoms. The smallest absolute Gasteiger partial charge is 0.357 e. The molecule has 0 radical (unpaired) electrons. The van der Waals surface area contributed by atoms with Crippen LogP contribution in [0.5, 0.6) is 0 Å². The van der Waals surface area contributed by atoms with Crippen molar-refractivity contribution in [2.24, 2.45) is 10.7 Å². The molecule has 1 aromatic heterocycles. The van der Waals surface area contributed by atoms with Crippen LogP contribution in [0.3, 0.4) is 0 Å². The largest absolute Gasteiger partial charge is 0.365 e. The van der Waals surface area contributed by atoms with E-state index in [4.69, 9.17) is 5.73 Å². The van der Waals surface area contributed by atoms with E-state index < -0.39 is 0 Å². The van der Waals surface area contributed by atoms with Crippen LogP contribution in [0.25, 0.3) is 11.0 Å². The number of rotatable bonds is 1. The number of guanidine groups is 1. The molecule has 5 nitrogen and oxygen atoms in total. The number of aryl methyl sites for hydroxylation is 1. The second kappa shape index (κ2) is 4.34. The van der Waals surface area contributed by atoms with Gasteiger partial charge in [-0.15, -0.1) is 0 Å². The summed E-state index contributed by atoms with van der Waals surface area (Å²) in [6.45, 7) is 2.10. The highest BCUT2D eigenvalue weighted by molar-refractivity contribution is 5.92. The molecule has 1 aliphatic heterocycles. The lowest BCUT2D eigenvalue weighted by Gasteiger charge is -2.19. The van der Waals surface area contributed by atoms with Crippen LogP contribution in [-0.2, 0) is 0 Å². The minimum Gasteiger partial charge on any atom is -0.357 e. The van der Waals surface area contributed by atoms with Gasteiger partial charge in [-0.1, -0.05) is 36.4 Å². The predicted molar refractivity (Wildman–Crippen MR) is 83.1 cm³/mol. The van der Waals surface area contributed by atoms with E-state index >= 15 is 0 Å². The Balaban J connectivity index is 2.00. The number of hydrogen-bond donors (Lipinski definition) is 3. The van der Waals surface area contributed by atoms with Crippen LogP contribution in [0, 0.1) is 6.92 Å². The zero-order valence-corrected chi connectivity index (χ0v) is 11.7. The number of para-hydroxylation sites is 2. The number of hydrogen-bond acceptors (Lipinski definition) is 3. The van der Waals surface area contributed by atoms with Crippen molar-refractivity contribution in [1.29, 1.82) is 0 Å². The van der Waals surface area contributed by atoms with Gasteiger partial charge in [0, 0.05) is 5.56 Å². The Morgan fingerprint density at radius 2 is 1.86 bits per heavy atom. The quantitative estimate of drug-likeness (QED) is 0.596. The summed E-state index contributed by atoms with van der Waals surface area (Å²) in [5.41, 5.74) is 10.5. The number of nitrogens with zero attached hydrogens (tertiary/aromatic N) is 2. The monoisotopic (exact) mass is 278 g/mol. The number of anilines is 1. The Labute approximate surface area is 122 Å². The van der Waals surface area contributed by atoms with E-state index in [0.717, 1.165) is 22.5 Å². The lowest BCUT2D eigenvalue weighted by atomic mass is 10.1. The maximum absolute atomic E-state index is 5.95. The predicted octanol–water partition coefficient (Wildman–Crippen LogP) is 2.05. The van der Waals surface area contributed by atoms with Crippen molar-refractivity contribution in [3.8, 4) is 0 Å². The lowest BCUT2D eigenvalue weighted by Crippen LogP contribution is -2.48. The van der Waals surface area contributed by atoms with Gasteiger partial charge in [-0.05, 0) is 24.6 Å². The van der Waals surface area contributed by atoms with E-state index in [1.54, 1.807) is 0 Å². The van der Waals surface area contributed by atoms with Gasteiger partial charge in [-0.3, -0.25) is 0 Å². The van der Waals surface area contributed by atoms with Crippen molar-refractivity contribution in [3.63, 3.8) is 0 Å². The summed E-state index contributed by atoms with van der Waals surface area (Å²) in [4.78, 5) is 7.96. The van der Waals surface area contributed by atoms with Gasteiger partial charge in [-0.25, -0.2) is 14.9 Å². The first-order chi connectivity index (χ1) is 10.2. The maximum atomic E-state index is 5.95. The molecule has 0 aliphatic carbocycles. The van der Waals surface area contributed by atoms with Crippen LogP contribution in [-0.4, -0.2) is 10.9 Å². The molecule has 2 aromatic carbocycles. The van der Waals surface area contributed by atoms with E-state index in [0.29, 0.717) is 5.96 Å². The molecule has 0 spiro atoms. The topological polar surface area (TPSA) is 70.1 Å². The molecule has 2 heterocycles. The summed E-state index contributed by atoms with van der Waals surface area (Å²) < 4.78 is 2.15. The maximum Gasteiger partial charge on any atom is 0.365 e. The van der Waals surface area contributed by atoms with Crippen molar-refractivity contribution in [2.75, 3.05) is 5.32 Å². The molecule has 104 valence electrons. The van der Waals surface area contributed by atoms with Gasteiger partial charge in [0.15, 0.2) is 0 Å². The molecule has 0 unspecified atom stereocenters. The average Bonchev–Trinajstić information content (AvgIpc) is 2.85. The van der Waals surface area contributed by atoms with Gasteiger partial charge in [0.2, 0.25) is 6.17 Å². The molecule has 1 atom stereocenters. The zero-order valence-electron chi connectivity index (χ0n) is 11.7. The third-order valence-electron chi connectivity index (χ3n) is 3.88.